The summed E-state index contributed by atoms with van der Waals surface area (Å²) < 4.78 is 0. The van der Waals surface area contributed by atoms with Gasteiger partial charge in [0.25, 0.3) is 17.1 Å². The first-order valence-corrected chi connectivity index (χ1v) is 6.24. The van der Waals surface area contributed by atoms with Gasteiger partial charge in [-0.3, -0.25) is 30.3 Å². The topological polar surface area (TPSA) is 129 Å². The summed E-state index contributed by atoms with van der Waals surface area (Å²) in [5.41, 5.74) is -1.72. The van der Waals surface area contributed by atoms with Crippen LogP contribution >= 0.6 is 0 Å². The number of hydrogen-bond acceptors (Lipinski definition) is 6. The van der Waals surface area contributed by atoms with Gasteiger partial charge in [-0.1, -0.05) is 36.4 Å². The van der Waals surface area contributed by atoms with Crippen LogP contribution in [-0.2, 0) is 0 Å². The molecular formula is C14H9N3O6. The summed E-state index contributed by atoms with van der Waals surface area (Å²) in [6.07, 6.45) is 2.66. The fourth-order valence-electron chi connectivity index (χ4n) is 1.93. The second kappa shape index (κ2) is 6.43. The van der Waals surface area contributed by atoms with E-state index < -0.39 is 31.8 Å². The van der Waals surface area contributed by atoms with Gasteiger partial charge >= 0.3 is 0 Å². The third-order valence-electron chi connectivity index (χ3n) is 2.97. The lowest BCUT2D eigenvalue weighted by molar-refractivity contribution is -0.403. The van der Waals surface area contributed by atoms with Crippen LogP contribution in [0.15, 0.2) is 42.5 Å². The minimum Gasteiger partial charge on any atom is -0.258 e. The Kier molecular flexibility index (Phi) is 4.41. The fraction of sp³-hybridized carbons (Fsp3) is 0. The summed E-state index contributed by atoms with van der Waals surface area (Å²) in [5.74, 6) is 0. The van der Waals surface area contributed by atoms with Gasteiger partial charge < -0.3 is 0 Å². The van der Waals surface area contributed by atoms with E-state index in [1.165, 1.54) is 12.2 Å². The highest BCUT2D eigenvalue weighted by atomic mass is 16.6. The third kappa shape index (κ3) is 3.53. The summed E-state index contributed by atoms with van der Waals surface area (Å²) >= 11 is 0. The van der Waals surface area contributed by atoms with E-state index in [1.54, 1.807) is 30.3 Å². The van der Waals surface area contributed by atoms with E-state index >= 15 is 0 Å². The molecule has 2 aromatic carbocycles. The van der Waals surface area contributed by atoms with Gasteiger partial charge in [-0.15, -0.1) is 0 Å². The quantitative estimate of drug-likeness (QED) is 0.471. The summed E-state index contributed by atoms with van der Waals surface area (Å²) in [4.78, 5) is 30.3. The Balaban J connectivity index is 2.64. The van der Waals surface area contributed by atoms with Crippen molar-refractivity contribution in [1.29, 1.82) is 0 Å². The summed E-state index contributed by atoms with van der Waals surface area (Å²) in [7, 11) is 0. The minimum absolute atomic E-state index is 0.297. The van der Waals surface area contributed by atoms with Gasteiger partial charge in [0.1, 0.15) is 5.56 Å². The molecule has 116 valence electrons. The molecule has 0 aliphatic rings. The van der Waals surface area contributed by atoms with E-state index in [0.717, 1.165) is 0 Å². The Morgan fingerprint density at radius 3 is 1.70 bits per heavy atom. The maximum atomic E-state index is 11.1. The van der Waals surface area contributed by atoms with Crippen LogP contribution in [0.5, 0.6) is 0 Å². The molecule has 0 atom stereocenters. The Morgan fingerprint density at radius 2 is 1.26 bits per heavy atom. The Morgan fingerprint density at radius 1 is 0.739 bits per heavy atom. The molecule has 2 rings (SSSR count). The smallest absolute Gasteiger partial charge is 0.258 e. The van der Waals surface area contributed by atoms with Crippen LogP contribution in [0.1, 0.15) is 11.1 Å². The molecule has 0 radical (unpaired) electrons. The first-order valence-electron chi connectivity index (χ1n) is 6.24. The highest BCUT2D eigenvalue weighted by Crippen LogP contribution is 2.35. The largest absolute Gasteiger partial charge is 0.290 e. The highest BCUT2D eigenvalue weighted by Gasteiger charge is 2.28. The van der Waals surface area contributed by atoms with Crippen LogP contribution < -0.4 is 0 Å². The number of nitro groups is 3. The van der Waals surface area contributed by atoms with Crippen LogP contribution in [-0.4, -0.2) is 14.8 Å². The number of benzene rings is 2. The number of non-ortho nitro benzene ring substituents is 1. The first-order chi connectivity index (χ1) is 10.9. The van der Waals surface area contributed by atoms with Crippen LogP contribution in [0, 0.1) is 30.3 Å². The van der Waals surface area contributed by atoms with E-state index in [4.69, 9.17) is 0 Å². The van der Waals surface area contributed by atoms with Gasteiger partial charge in [0.15, 0.2) is 0 Å². The number of nitro benzene ring substituents is 3. The van der Waals surface area contributed by atoms with Crippen LogP contribution in [0.4, 0.5) is 17.1 Å². The molecule has 0 fully saturated rings. The Bertz CT molecular complexity index is 782. The lowest BCUT2D eigenvalue weighted by Gasteiger charge is -2.01. The zero-order valence-corrected chi connectivity index (χ0v) is 11.5. The molecule has 0 unspecified atom stereocenters. The molecule has 0 bridgehead atoms. The van der Waals surface area contributed by atoms with E-state index in [0.29, 0.717) is 17.7 Å². The van der Waals surface area contributed by atoms with E-state index in [-0.39, 0.29) is 5.56 Å². The Hall–Kier alpha value is -3.62. The van der Waals surface area contributed by atoms with Crippen molar-refractivity contribution in [3.8, 4) is 0 Å². The zero-order chi connectivity index (χ0) is 17.0. The fourth-order valence-corrected chi connectivity index (χ4v) is 1.93. The van der Waals surface area contributed by atoms with Crippen molar-refractivity contribution < 1.29 is 14.8 Å². The van der Waals surface area contributed by atoms with Crippen LogP contribution in [0.25, 0.3) is 12.2 Å². The molecule has 0 saturated carbocycles. The molecular weight excluding hydrogens is 306 g/mol. The normalized spacial score (nSPS) is 10.6. The SMILES string of the molecule is O=[N+]([O-])c1cc([N+](=O)[O-])c(/C=C/c2ccccc2)c([N+](=O)[O-])c1. The van der Waals surface area contributed by atoms with Gasteiger partial charge in [-0.2, -0.15) is 0 Å². The molecule has 0 amide bonds. The molecule has 0 spiro atoms. The van der Waals surface area contributed by atoms with Gasteiger partial charge in [0, 0.05) is 0 Å². The highest BCUT2D eigenvalue weighted by molar-refractivity contribution is 5.80. The maximum Gasteiger partial charge on any atom is 0.290 e. The van der Waals surface area contributed by atoms with E-state index in [2.05, 4.69) is 0 Å². The standard InChI is InChI=1S/C14H9N3O6/c18-15(19)11-8-13(16(20)21)12(14(9-11)17(22)23)7-6-10-4-2-1-3-5-10/h1-9H/b7-6+. The van der Waals surface area contributed by atoms with E-state index in [9.17, 15) is 30.3 Å². The van der Waals surface area contributed by atoms with Crippen molar-refractivity contribution in [2.75, 3.05) is 0 Å². The average molecular weight is 315 g/mol. The molecule has 23 heavy (non-hydrogen) atoms. The molecule has 0 aliphatic heterocycles. The lowest BCUT2D eigenvalue weighted by Crippen LogP contribution is -2.00. The molecule has 0 saturated heterocycles. The summed E-state index contributed by atoms with van der Waals surface area (Å²) in [6.45, 7) is 0. The lowest BCUT2D eigenvalue weighted by atomic mass is 10.1. The van der Waals surface area contributed by atoms with Crippen molar-refractivity contribution >= 4 is 29.2 Å². The van der Waals surface area contributed by atoms with Crippen molar-refractivity contribution in [1.82, 2.24) is 0 Å². The second-order valence-electron chi connectivity index (χ2n) is 4.41. The number of nitrogens with zero attached hydrogens (tertiary/aromatic N) is 3. The molecule has 2 aromatic rings. The number of hydrogen-bond donors (Lipinski definition) is 0. The van der Waals surface area contributed by atoms with Gasteiger partial charge in [-0.25, -0.2) is 0 Å². The molecule has 0 N–H and O–H groups in total. The van der Waals surface area contributed by atoms with Crippen LogP contribution in [0.2, 0.25) is 0 Å². The van der Waals surface area contributed by atoms with Gasteiger partial charge in [-0.05, 0) is 11.6 Å². The third-order valence-corrected chi connectivity index (χ3v) is 2.97. The van der Waals surface area contributed by atoms with Gasteiger partial charge in [0.2, 0.25) is 0 Å². The van der Waals surface area contributed by atoms with Crippen molar-refractivity contribution in [2.24, 2.45) is 0 Å². The van der Waals surface area contributed by atoms with Gasteiger partial charge in [0.05, 0.1) is 26.9 Å². The minimum atomic E-state index is -0.912. The second-order valence-corrected chi connectivity index (χ2v) is 4.41. The van der Waals surface area contributed by atoms with Crippen molar-refractivity contribution in [3.63, 3.8) is 0 Å². The Labute approximate surface area is 128 Å². The average Bonchev–Trinajstić information content (AvgIpc) is 2.52. The predicted molar refractivity (Wildman–Crippen MR) is 81.8 cm³/mol. The molecule has 0 aromatic heterocycles. The van der Waals surface area contributed by atoms with Crippen molar-refractivity contribution in [2.45, 2.75) is 0 Å². The molecule has 9 nitrogen and oxygen atoms in total. The molecule has 9 heteroatoms. The van der Waals surface area contributed by atoms with E-state index in [1.807, 2.05) is 0 Å². The predicted octanol–water partition coefficient (Wildman–Crippen LogP) is 3.58. The van der Waals surface area contributed by atoms with Crippen LogP contribution in [0.3, 0.4) is 0 Å². The zero-order valence-electron chi connectivity index (χ0n) is 11.5. The monoisotopic (exact) mass is 315 g/mol. The van der Waals surface area contributed by atoms with Crippen molar-refractivity contribution in [3.05, 3.63) is 83.9 Å². The molecule has 0 aliphatic carbocycles. The first kappa shape index (κ1) is 15.8. The molecule has 0 heterocycles. The summed E-state index contributed by atoms with van der Waals surface area (Å²) in [5, 5.41) is 33.0. The maximum absolute atomic E-state index is 11.1. The number of rotatable bonds is 5. The summed E-state index contributed by atoms with van der Waals surface area (Å²) in [6, 6.07) is 10.1.